The maximum absolute atomic E-state index is 10.8. The van der Waals surface area contributed by atoms with Crippen molar-refractivity contribution in [2.24, 2.45) is 0 Å². The third-order valence-electron chi connectivity index (χ3n) is 1.19. The molecule has 0 saturated heterocycles. The van der Waals surface area contributed by atoms with Crippen LogP contribution in [-0.4, -0.2) is 38.9 Å². The van der Waals surface area contributed by atoms with Crippen LogP contribution in [0.3, 0.4) is 0 Å². The molecular formula is C8H14O5. The van der Waals surface area contributed by atoms with Crippen LogP contribution in [0.15, 0.2) is 0 Å². The lowest BCUT2D eigenvalue weighted by molar-refractivity contribution is -0.147. The summed E-state index contributed by atoms with van der Waals surface area (Å²) in [7, 11) is 0. The SMILES string of the molecule is CCOCCOC(=O)CCOC=O. The largest absolute Gasteiger partial charge is 0.467 e. The van der Waals surface area contributed by atoms with Gasteiger partial charge < -0.3 is 14.2 Å². The van der Waals surface area contributed by atoms with Crippen LogP contribution < -0.4 is 0 Å². The van der Waals surface area contributed by atoms with E-state index in [0.29, 0.717) is 19.7 Å². The molecule has 0 saturated carbocycles. The fraction of sp³-hybridized carbons (Fsp3) is 0.750. The van der Waals surface area contributed by atoms with Crippen LogP contribution in [0.1, 0.15) is 13.3 Å². The molecule has 0 atom stereocenters. The molecule has 0 bridgehead atoms. The summed E-state index contributed by atoms with van der Waals surface area (Å²) >= 11 is 0. The first-order chi connectivity index (χ1) is 6.31. The van der Waals surface area contributed by atoms with E-state index in [1.165, 1.54) is 0 Å². The maximum atomic E-state index is 10.8. The number of hydrogen-bond acceptors (Lipinski definition) is 5. The van der Waals surface area contributed by atoms with E-state index in [1.54, 1.807) is 0 Å². The molecule has 0 heterocycles. The van der Waals surface area contributed by atoms with Crippen LogP contribution in [0.4, 0.5) is 0 Å². The predicted octanol–water partition coefficient (Wildman–Crippen LogP) is 0.129. The molecule has 0 aliphatic rings. The first-order valence-corrected chi connectivity index (χ1v) is 4.10. The van der Waals surface area contributed by atoms with Crippen LogP contribution in [0.5, 0.6) is 0 Å². The molecule has 0 unspecified atom stereocenters. The Balaban J connectivity index is 3.15. The van der Waals surface area contributed by atoms with Gasteiger partial charge in [0.25, 0.3) is 6.47 Å². The van der Waals surface area contributed by atoms with Crippen molar-refractivity contribution in [1.82, 2.24) is 0 Å². The second kappa shape index (κ2) is 8.99. The van der Waals surface area contributed by atoms with E-state index in [-0.39, 0.29) is 25.6 Å². The van der Waals surface area contributed by atoms with Crippen LogP contribution >= 0.6 is 0 Å². The molecule has 13 heavy (non-hydrogen) atoms. The fourth-order valence-corrected chi connectivity index (χ4v) is 0.621. The first-order valence-electron chi connectivity index (χ1n) is 4.10. The normalized spacial score (nSPS) is 9.31. The highest BCUT2D eigenvalue weighted by molar-refractivity contribution is 5.69. The van der Waals surface area contributed by atoms with Crippen molar-refractivity contribution < 1.29 is 23.8 Å². The Bertz CT molecular complexity index is 145. The molecule has 0 aromatic rings. The quantitative estimate of drug-likeness (QED) is 0.309. The summed E-state index contributed by atoms with van der Waals surface area (Å²) in [6.07, 6.45) is 0.0882. The van der Waals surface area contributed by atoms with E-state index in [2.05, 4.69) is 4.74 Å². The number of esters is 1. The van der Waals surface area contributed by atoms with Crippen molar-refractivity contribution in [3.8, 4) is 0 Å². The van der Waals surface area contributed by atoms with Crippen LogP contribution in [0.25, 0.3) is 0 Å². The van der Waals surface area contributed by atoms with Crippen LogP contribution in [0.2, 0.25) is 0 Å². The monoisotopic (exact) mass is 190 g/mol. The molecule has 0 N–H and O–H groups in total. The number of rotatable bonds is 8. The first kappa shape index (κ1) is 11.9. The van der Waals surface area contributed by atoms with Gasteiger partial charge in [-0.15, -0.1) is 0 Å². The van der Waals surface area contributed by atoms with Crippen molar-refractivity contribution in [1.29, 1.82) is 0 Å². The van der Waals surface area contributed by atoms with Gasteiger partial charge in [0, 0.05) is 6.61 Å². The van der Waals surface area contributed by atoms with Crippen LogP contribution in [-0.2, 0) is 23.8 Å². The Morgan fingerprint density at radius 2 is 2.08 bits per heavy atom. The zero-order valence-electron chi connectivity index (χ0n) is 7.65. The van der Waals surface area contributed by atoms with Gasteiger partial charge in [-0.2, -0.15) is 0 Å². The van der Waals surface area contributed by atoms with Crippen LogP contribution in [0, 0.1) is 0 Å². The highest BCUT2D eigenvalue weighted by atomic mass is 16.6. The summed E-state index contributed by atoms with van der Waals surface area (Å²) in [6, 6.07) is 0. The summed E-state index contributed by atoms with van der Waals surface area (Å²) in [6.45, 7) is 3.47. The van der Waals surface area contributed by atoms with Gasteiger partial charge in [-0.3, -0.25) is 9.59 Å². The van der Waals surface area contributed by atoms with E-state index < -0.39 is 0 Å². The third-order valence-corrected chi connectivity index (χ3v) is 1.19. The molecule has 0 rings (SSSR count). The lowest BCUT2D eigenvalue weighted by atomic mass is 10.5. The molecule has 0 aromatic heterocycles. The summed E-state index contributed by atoms with van der Waals surface area (Å²) in [5.41, 5.74) is 0. The molecule has 0 aliphatic heterocycles. The zero-order chi connectivity index (χ0) is 9.94. The van der Waals surface area contributed by atoms with Gasteiger partial charge >= 0.3 is 5.97 Å². The predicted molar refractivity (Wildman–Crippen MR) is 44.1 cm³/mol. The summed E-state index contributed by atoms with van der Waals surface area (Å²) in [5.74, 6) is -0.387. The maximum Gasteiger partial charge on any atom is 0.309 e. The van der Waals surface area contributed by atoms with E-state index in [9.17, 15) is 9.59 Å². The summed E-state index contributed by atoms with van der Waals surface area (Å²) < 4.78 is 14.0. The Morgan fingerprint density at radius 1 is 1.31 bits per heavy atom. The summed E-state index contributed by atoms with van der Waals surface area (Å²) in [5, 5.41) is 0. The number of hydrogen-bond donors (Lipinski definition) is 0. The minimum Gasteiger partial charge on any atom is -0.467 e. The lowest BCUT2D eigenvalue weighted by Crippen LogP contribution is -2.12. The molecule has 0 radical (unpaired) electrons. The minimum atomic E-state index is -0.387. The van der Waals surface area contributed by atoms with Crippen molar-refractivity contribution in [3.05, 3.63) is 0 Å². The van der Waals surface area contributed by atoms with Crippen molar-refractivity contribution in [2.45, 2.75) is 13.3 Å². The van der Waals surface area contributed by atoms with Gasteiger partial charge in [0.05, 0.1) is 13.0 Å². The topological polar surface area (TPSA) is 61.8 Å². The average molecular weight is 190 g/mol. The van der Waals surface area contributed by atoms with Gasteiger partial charge in [0.15, 0.2) is 0 Å². The van der Waals surface area contributed by atoms with Gasteiger partial charge in [0.1, 0.15) is 13.2 Å². The number of ether oxygens (including phenoxy) is 3. The van der Waals surface area contributed by atoms with Gasteiger partial charge in [0.2, 0.25) is 0 Å². The molecule has 0 spiro atoms. The van der Waals surface area contributed by atoms with E-state index >= 15 is 0 Å². The molecule has 76 valence electrons. The Kier molecular flexibility index (Phi) is 8.23. The van der Waals surface area contributed by atoms with Crippen molar-refractivity contribution in [2.75, 3.05) is 26.4 Å². The highest BCUT2D eigenvalue weighted by Gasteiger charge is 2.01. The van der Waals surface area contributed by atoms with Crippen molar-refractivity contribution in [3.63, 3.8) is 0 Å². The van der Waals surface area contributed by atoms with E-state index in [1.807, 2.05) is 6.92 Å². The Hall–Kier alpha value is -1.10. The van der Waals surface area contributed by atoms with E-state index in [4.69, 9.17) is 9.47 Å². The summed E-state index contributed by atoms with van der Waals surface area (Å²) in [4.78, 5) is 20.5. The molecule has 0 aromatic carbocycles. The highest BCUT2D eigenvalue weighted by Crippen LogP contribution is 1.87. The minimum absolute atomic E-state index is 0.0664. The standard InChI is InChI=1S/C8H14O5/c1-2-11-5-6-13-8(10)3-4-12-7-9/h7H,2-6H2,1H3. The molecule has 5 nitrogen and oxygen atoms in total. The molecule has 0 aliphatic carbocycles. The van der Waals surface area contributed by atoms with Gasteiger partial charge in [-0.1, -0.05) is 0 Å². The molecule has 5 heteroatoms. The lowest BCUT2D eigenvalue weighted by Gasteiger charge is -2.03. The van der Waals surface area contributed by atoms with Crippen molar-refractivity contribution >= 4 is 12.4 Å². The second-order valence-corrected chi connectivity index (χ2v) is 2.13. The molecular weight excluding hydrogens is 176 g/mol. The van der Waals surface area contributed by atoms with Gasteiger partial charge in [-0.05, 0) is 6.92 Å². The number of carbonyl (C=O) groups is 2. The number of carbonyl (C=O) groups excluding carboxylic acids is 2. The zero-order valence-corrected chi connectivity index (χ0v) is 7.65. The van der Waals surface area contributed by atoms with Gasteiger partial charge in [-0.25, -0.2) is 0 Å². The molecule has 0 fully saturated rings. The van der Waals surface area contributed by atoms with E-state index in [0.717, 1.165) is 0 Å². The molecule has 0 amide bonds. The smallest absolute Gasteiger partial charge is 0.309 e. The second-order valence-electron chi connectivity index (χ2n) is 2.13. The Labute approximate surface area is 77.0 Å². The third kappa shape index (κ3) is 8.81. The average Bonchev–Trinajstić information content (AvgIpc) is 2.13. The Morgan fingerprint density at radius 3 is 2.69 bits per heavy atom. The fourth-order valence-electron chi connectivity index (χ4n) is 0.621.